The number of aromatic nitrogens is 2. The Kier molecular flexibility index (Phi) is 3.74. The third-order valence-corrected chi connectivity index (χ3v) is 3.13. The number of halogens is 1. The molecule has 1 aromatic heterocycles. The molecule has 17 heavy (non-hydrogen) atoms. The monoisotopic (exact) mass is 292 g/mol. The molecule has 0 spiro atoms. The number of hydrogen-bond acceptors (Lipinski definition) is 2. The lowest BCUT2D eigenvalue weighted by Crippen LogP contribution is -2.12. The lowest BCUT2D eigenvalue weighted by Gasteiger charge is -2.05. The van der Waals surface area contributed by atoms with Gasteiger partial charge in [-0.05, 0) is 12.1 Å². The molecule has 0 aliphatic heterocycles. The molecule has 0 saturated carbocycles. The van der Waals surface area contributed by atoms with Crippen molar-refractivity contribution in [3.63, 3.8) is 0 Å². The molecule has 0 radical (unpaired) electrons. The fourth-order valence-electron chi connectivity index (χ4n) is 1.68. The number of benzene rings is 1. The van der Waals surface area contributed by atoms with Gasteiger partial charge in [0.25, 0.3) is 0 Å². The summed E-state index contributed by atoms with van der Waals surface area (Å²) in [5, 5.41) is 0. The molecule has 0 N–H and O–H groups in total. The van der Waals surface area contributed by atoms with Crippen molar-refractivity contribution in [2.75, 3.05) is 0 Å². The first-order valence-corrected chi connectivity index (χ1v) is 6.28. The van der Waals surface area contributed by atoms with E-state index in [0.29, 0.717) is 6.54 Å². The van der Waals surface area contributed by atoms with E-state index in [1.807, 2.05) is 42.0 Å². The van der Waals surface area contributed by atoms with Gasteiger partial charge in [-0.25, -0.2) is 4.98 Å². The van der Waals surface area contributed by atoms with Gasteiger partial charge >= 0.3 is 0 Å². The Morgan fingerprint density at radius 2 is 2.06 bits per heavy atom. The van der Waals surface area contributed by atoms with Crippen LogP contribution in [0.15, 0.2) is 41.1 Å². The number of imidazole rings is 1. The maximum Gasteiger partial charge on any atom is 0.182 e. The van der Waals surface area contributed by atoms with Gasteiger partial charge in [-0.15, -0.1) is 0 Å². The third-order valence-electron chi connectivity index (χ3n) is 2.60. The number of Topliss-reactive ketones (excluding diaryl/α,β-unsaturated/α-hetero) is 1. The minimum Gasteiger partial charge on any atom is -0.327 e. The fourth-order valence-corrected chi connectivity index (χ4v) is 1.94. The highest BCUT2D eigenvalue weighted by atomic mass is 79.9. The predicted molar refractivity (Wildman–Crippen MR) is 70.1 cm³/mol. The molecule has 2 aromatic rings. The number of carbonyl (C=O) groups excluding carboxylic acids is 1. The molecule has 3 nitrogen and oxygen atoms in total. The molecule has 0 atom stereocenters. The van der Waals surface area contributed by atoms with Crippen LogP contribution in [0.5, 0.6) is 0 Å². The first-order chi connectivity index (χ1) is 8.20. The van der Waals surface area contributed by atoms with E-state index < -0.39 is 0 Å². The molecule has 0 aliphatic carbocycles. The van der Waals surface area contributed by atoms with Crippen molar-refractivity contribution < 1.29 is 4.79 Å². The van der Waals surface area contributed by atoms with E-state index in [2.05, 4.69) is 20.9 Å². The molecule has 2 rings (SSSR count). The lowest BCUT2D eigenvalue weighted by atomic mass is 10.1. The summed E-state index contributed by atoms with van der Waals surface area (Å²) in [6, 6.07) is 7.41. The second-order valence-electron chi connectivity index (χ2n) is 3.75. The zero-order valence-electron chi connectivity index (χ0n) is 9.56. The summed E-state index contributed by atoms with van der Waals surface area (Å²) in [6.45, 7) is 2.38. The van der Waals surface area contributed by atoms with Crippen LogP contribution in [0.4, 0.5) is 0 Å². The largest absolute Gasteiger partial charge is 0.327 e. The van der Waals surface area contributed by atoms with Crippen LogP contribution in [-0.2, 0) is 13.0 Å². The summed E-state index contributed by atoms with van der Waals surface area (Å²) in [5.74, 6) is 1.04. The van der Waals surface area contributed by atoms with Crippen LogP contribution in [0.2, 0.25) is 0 Å². The van der Waals surface area contributed by atoms with Gasteiger partial charge in [0.05, 0.1) is 6.54 Å². The van der Waals surface area contributed by atoms with Gasteiger partial charge in [-0.1, -0.05) is 35.0 Å². The Hall–Kier alpha value is -1.42. The van der Waals surface area contributed by atoms with Crippen molar-refractivity contribution in [3.8, 4) is 0 Å². The summed E-state index contributed by atoms with van der Waals surface area (Å²) in [4.78, 5) is 16.2. The number of hydrogen-bond donors (Lipinski definition) is 0. The highest BCUT2D eigenvalue weighted by Crippen LogP contribution is 2.12. The van der Waals surface area contributed by atoms with Crippen molar-refractivity contribution in [1.82, 2.24) is 9.55 Å². The summed E-state index contributed by atoms with van der Waals surface area (Å²) in [6.07, 6.45) is 4.41. The van der Waals surface area contributed by atoms with E-state index in [1.165, 1.54) is 0 Å². The van der Waals surface area contributed by atoms with Gasteiger partial charge in [0, 0.05) is 28.9 Å². The molecule has 0 bridgehead atoms. The molecule has 0 amide bonds. The topological polar surface area (TPSA) is 34.9 Å². The van der Waals surface area contributed by atoms with Crippen LogP contribution in [0.25, 0.3) is 0 Å². The average Bonchev–Trinajstić information content (AvgIpc) is 2.77. The van der Waals surface area contributed by atoms with Crippen LogP contribution in [-0.4, -0.2) is 15.3 Å². The zero-order valence-corrected chi connectivity index (χ0v) is 11.1. The van der Waals surface area contributed by atoms with Crippen LogP contribution in [0.1, 0.15) is 23.1 Å². The molecular formula is C13H13BrN2O. The van der Waals surface area contributed by atoms with Gasteiger partial charge in [0.15, 0.2) is 5.78 Å². The van der Waals surface area contributed by atoms with Gasteiger partial charge in [-0.2, -0.15) is 0 Å². The minimum absolute atomic E-state index is 0.102. The van der Waals surface area contributed by atoms with Crippen LogP contribution in [0, 0.1) is 0 Å². The molecule has 4 heteroatoms. The van der Waals surface area contributed by atoms with E-state index in [0.717, 1.165) is 22.3 Å². The molecule has 0 unspecified atom stereocenters. The van der Waals surface area contributed by atoms with E-state index >= 15 is 0 Å². The molecule has 0 fully saturated rings. The van der Waals surface area contributed by atoms with Gasteiger partial charge in [0.1, 0.15) is 5.82 Å². The van der Waals surface area contributed by atoms with Gasteiger partial charge in [0.2, 0.25) is 0 Å². The maximum absolute atomic E-state index is 12.0. The predicted octanol–water partition coefficient (Wildman–Crippen LogP) is 3.09. The lowest BCUT2D eigenvalue weighted by molar-refractivity contribution is 0.0971. The molecule has 1 heterocycles. The Bertz CT molecular complexity index is 516. The number of ketones is 1. The SMILES string of the molecule is CCc1nccn1CC(=O)c1ccc(Br)cc1. The van der Waals surface area contributed by atoms with Crippen molar-refractivity contribution in [2.45, 2.75) is 19.9 Å². The number of rotatable bonds is 4. The molecule has 0 aliphatic rings. The van der Waals surface area contributed by atoms with E-state index in [1.54, 1.807) is 6.20 Å². The summed E-state index contributed by atoms with van der Waals surface area (Å²) in [5.41, 5.74) is 0.726. The molecule has 0 saturated heterocycles. The van der Waals surface area contributed by atoms with Crippen molar-refractivity contribution >= 4 is 21.7 Å². The average molecular weight is 293 g/mol. The van der Waals surface area contributed by atoms with Crippen LogP contribution in [0.3, 0.4) is 0 Å². The molecule has 88 valence electrons. The zero-order chi connectivity index (χ0) is 12.3. The Morgan fingerprint density at radius 3 is 2.71 bits per heavy atom. The van der Waals surface area contributed by atoms with E-state index in [9.17, 15) is 4.79 Å². The van der Waals surface area contributed by atoms with Crippen molar-refractivity contribution in [2.24, 2.45) is 0 Å². The van der Waals surface area contributed by atoms with E-state index in [-0.39, 0.29) is 5.78 Å². The van der Waals surface area contributed by atoms with Crippen LogP contribution >= 0.6 is 15.9 Å². The number of nitrogens with zero attached hydrogens (tertiary/aromatic N) is 2. The quantitative estimate of drug-likeness (QED) is 0.812. The molecular weight excluding hydrogens is 280 g/mol. The van der Waals surface area contributed by atoms with Crippen LogP contribution < -0.4 is 0 Å². The van der Waals surface area contributed by atoms with Crippen molar-refractivity contribution in [3.05, 3.63) is 52.5 Å². The third kappa shape index (κ3) is 2.82. The standard InChI is InChI=1S/C13H13BrN2O/c1-2-13-15-7-8-16(13)9-12(17)10-3-5-11(14)6-4-10/h3-8H,2,9H2,1H3. The second-order valence-corrected chi connectivity index (χ2v) is 4.67. The number of aryl methyl sites for hydroxylation is 1. The first kappa shape index (κ1) is 12.0. The van der Waals surface area contributed by atoms with Gasteiger partial charge in [-0.3, -0.25) is 4.79 Å². The summed E-state index contributed by atoms with van der Waals surface area (Å²) in [7, 11) is 0. The Labute approximate surface area is 109 Å². The molecule has 1 aromatic carbocycles. The minimum atomic E-state index is 0.102. The van der Waals surface area contributed by atoms with Crippen molar-refractivity contribution in [1.29, 1.82) is 0 Å². The summed E-state index contributed by atoms with van der Waals surface area (Å²) < 4.78 is 2.87. The van der Waals surface area contributed by atoms with Gasteiger partial charge < -0.3 is 4.57 Å². The normalized spacial score (nSPS) is 10.5. The smallest absolute Gasteiger partial charge is 0.182 e. The summed E-state index contributed by atoms with van der Waals surface area (Å²) >= 11 is 3.35. The fraction of sp³-hybridized carbons (Fsp3) is 0.231. The highest BCUT2D eigenvalue weighted by molar-refractivity contribution is 9.10. The van der Waals surface area contributed by atoms with E-state index in [4.69, 9.17) is 0 Å². The maximum atomic E-state index is 12.0. The first-order valence-electron chi connectivity index (χ1n) is 5.49. The highest BCUT2D eigenvalue weighted by Gasteiger charge is 2.08. The Morgan fingerprint density at radius 1 is 1.35 bits per heavy atom. The second kappa shape index (κ2) is 5.27. The Balaban J connectivity index is 2.14. The number of carbonyl (C=O) groups is 1.